The Balaban J connectivity index is 1.46. The van der Waals surface area contributed by atoms with Crippen LogP contribution in [-0.2, 0) is 4.79 Å². The normalized spacial score (nSPS) is 19.7. The number of rotatable bonds is 3. The van der Waals surface area contributed by atoms with Crippen LogP contribution in [0.4, 0.5) is 5.82 Å². The second-order valence-corrected chi connectivity index (χ2v) is 6.17. The molecule has 0 aliphatic heterocycles. The van der Waals surface area contributed by atoms with Crippen molar-refractivity contribution in [2.24, 2.45) is 5.92 Å². The Kier molecular flexibility index (Phi) is 3.27. The van der Waals surface area contributed by atoms with Gasteiger partial charge < -0.3 is 5.32 Å². The number of carbonyl (C=O) groups is 1. The third-order valence-corrected chi connectivity index (χ3v) is 4.18. The predicted octanol–water partition coefficient (Wildman–Crippen LogP) is 2.83. The van der Waals surface area contributed by atoms with Gasteiger partial charge in [0.1, 0.15) is 5.15 Å². The summed E-state index contributed by atoms with van der Waals surface area (Å²) < 4.78 is 1.55. The van der Waals surface area contributed by atoms with Crippen molar-refractivity contribution in [1.82, 2.24) is 19.6 Å². The molecule has 1 N–H and O–H groups in total. The molecule has 116 valence electrons. The highest BCUT2D eigenvalue weighted by Gasteiger charge is 2.45. The fourth-order valence-electron chi connectivity index (χ4n) is 2.65. The van der Waals surface area contributed by atoms with Gasteiger partial charge in [-0.2, -0.15) is 5.10 Å². The van der Waals surface area contributed by atoms with Gasteiger partial charge in [-0.1, -0.05) is 17.7 Å². The van der Waals surface area contributed by atoms with E-state index in [1.54, 1.807) is 22.8 Å². The number of hydrogen-bond acceptors (Lipinski definition) is 4. The molecule has 0 spiro atoms. The molecule has 1 fully saturated rings. The molecule has 7 heteroatoms. The number of nitrogens with zero attached hydrogens (tertiary/aromatic N) is 4. The molecule has 0 bridgehead atoms. The second-order valence-electron chi connectivity index (χ2n) is 5.78. The lowest BCUT2D eigenvalue weighted by Crippen LogP contribution is -2.15. The molecule has 1 aliphatic carbocycles. The summed E-state index contributed by atoms with van der Waals surface area (Å²) in [5, 5.41) is 7.31. The average Bonchev–Trinajstić information content (AvgIpc) is 3.23. The van der Waals surface area contributed by atoms with Crippen LogP contribution in [0.25, 0.3) is 5.65 Å². The Bertz CT molecular complexity index is 889. The Hall–Kier alpha value is -2.47. The van der Waals surface area contributed by atoms with Crippen molar-refractivity contribution in [3.63, 3.8) is 0 Å². The molecule has 3 aromatic rings. The molecule has 0 unspecified atom stereocenters. The van der Waals surface area contributed by atoms with Crippen LogP contribution < -0.4 is 5.32 Å². The molecular weight excluding hydrogens is 314 g/mol. The quantitative estimate of drug-likeness (QED) is 0.803. The van der Waals surface area contributed by atoms with Gasteiger partial charge in [-0.3, -0.25) is 9.78 Å². The number of fused-ring (bicyclic) bond motifs is 1. The van der Waals surface area contributed by atoms with Crippen LogP contribution in [0.15, 0.2) is 36.7 Å². The fraction of sp³-hybridized carbons (Fsp3) is 0.250. The Morgan fingerprint density at radius 1 is 1.35 bits per heavy atom. The zero-order valence-corrected chi connectivity index (χ0v) is 13.2. The molecule has 3 aromatic heterocycles. The zero-order chi connectivity index (χ0) is 16.0. The maximum atomic E-state index is 12.3. The SMILES string of the molecule is Cc1ccc([C@@H]2C[C@@H]2C(=O)Nc2cn3nc(Cl)ccc3n2)nc1. The number of carbonyl (C=O) groups excluding carboxylic acids is 1. The number of halogens is 1. The van der Waals surface area contributed by atoms with Crippen LogP contribution in [0.1, 0.15) is 23.6 Å². The first-order valence-corrected chi connectivity index (χ1v) is 7.73. The van der Waals surface area contributed by atoms with Gasteiger partial charge >= 0.3 is 0 Å². The fourth-order valence-corrected chi connectivity index (χ4v) is 2.79. The third kappa shape index (κ3) is 2.77. The Morgan fingerprint density at radius 3 is 3.00 bits per heavy atom. The number of aromatic nitrogens is 4. The van der Waals surface area contributed by atoms with Crippen LogP contribution >= 0.6 is 11.6 Å². The molecule has 6 nitrogen and oxygen atoms in total. The van der Waals surface area contributed by atoms with Gasteiger partial charge in [0.25, 0.3) is 0 Å². The Labute approximate surface area is 137 Å². The molecule has 1 aliphatic rings. The van der Waals surface area contributed by atoms with Gasteiger partial charge in [0.15, 0.2) is 11.5 Å². The summed E-state index contributed by atoms with van der Waals surface area (Å²) in [6.07, 6.45) is 4.31. The summed E-state index contributed by atoms with van der Waals surface area (Å²) in [6.45, 7) is 2.00. The first kappa shape index (κ1) is 14.1. The third-order valence-electron chi connectivity index (χ3n) is 3.98. The smallest absolute Gasteiger partial charge is 0.229 e. The van der Waals surface area contributed by atoms with Crippen molar-refractivity contribution >= 4 is 29.0 Å². The highest BCUT2D eigenvalue weighted by atomic mass is 35.5. The number of pyridine rings is 1. The second kappa shape index (κ2) is 5.31. The van der Waals surface area contributed by atoms with Gasteiger partial charge in [0, 0.05) is 23.7 Å². The van der Waals surface area contributed by atoms with Crippen LogP contribution in [0.5, 0.6) is 0 Å². The van der Waals surface area contributed by atoms with E-state index in [1.807, 2.05) is 25.3 Å². The minimum absolute atomic E-state index is 0.0353. The largest absolute Gasteiger partial charge is 0.309 e. The highest BCUT2D eigenvalue weighted by Crippen LogP contribution is 2.47. The molecular formula is C16H14ClN5O. The summed E-state index contributed by atoms with van der Waals surface area (Å²) >= 11 is 5.84. The summed E-state index contributed by atoms with van der Waals surface area (Å²) in [6, 6.07) is 7.42. The van der Waals surface area contributed by atoms with E-state index in [0.717, 1.165) is 17.7 Å². The highest BCUT2D eigenvalue weighted by molar-refractivity contribution is 6.29. The Morgan fingerprint density at radius 2 is 2.22 bits per heavy atom. The lowest BCUT2D eigenvalue weighted by Gasteiger charge is -2.01. The maximum Gasteiger partial charge on any atom is 0.229 e. The lowest BCUT2D eigenvalue weighted by molar-refractivity contribution is -0.117. The van der Waals surface area contributed by atoms with Crippen molar-refractivity contribution in [3.8, 4) is 0 Å². The summed E-state index contributed by atoms with van der Waals surface area (Å²) in [7, 11) is 0. The van der Waals surface area contributed by atoms with Gasteiger partial charge in [-0.15, -0.1) is 0 Å². The van der Waals surface area contributed by atoms with Crippen molar-refractivity contribution in [2.45, 2.75) is 19.3 Å². The molecule has 2 atom stereocenters. The molecule has 0 radical (unpaired) electrons. The van der Waals surface area contributed by atoms with Crippen molar-refractivity contribution < 1.29 is 4.79 Å². The van der Waals surface area contributed by atoms with E-state index in [1.165, 1.54) is 0 Å². The van der Waals surface area contributed by atoms with Crippen molar-refractivity contribution in [3.05, 3.63) is 53.1 Å². The van der Waals surface area contributed by atoms with Crippen LogP contribution in [0, 0.1) is 12.8 Å². The van der Waals surface area contributed by atoms with Gasteiger partial charge in [-0.25, -0.2) is 9.50 Å². The van der Waals surface area contributed by atoms with Crippen molar-refractivity contribution in [2.75, 3.05) is 5.32 Å². The van der Waals surface area contributed by atoms with E-state index in [9.17, 15) is 4.79 Å². The predicted molar refractivity (Wildman–Crippen MR) is 86.4 cm³/mol. The first-order chi connectivity index (χ1) is 11.1. The lowest BCUT2D eigenvalue weighted by atomic mass is 10.2. The molecule has 1 saturated carbocycles. The van der Waals surface area contributed by atoms with E-state index in [-0.39, 0.29) is 17.7 Å². The van der Waals surface area contributed by atoms with Crippen LogP contribution in [0.2, 0.25) is 5.15 Å². The van der Waals surface area contributed by atoms with Gasteiger partial charge in [0.05, 0.1) is 6.20 Å². The molecule has 0 saturated heterocycles. The summed E-state index contributed by atoms with van der Waals surface area (Å²) in [4.78, 5) is 21.0. The van der Waals surface area contributed by atoms with E-state index in [4.69, 9.17) is 11.6 Å². The summed E-state index contributed by atoms with van der Waals surface area (Å²) in [5.41, 5.74) is 2.72. The van der Waals surface area contributed by atoms with Crippen molar-refractivity contribution in [1.29, 1.82) is 0 Å². The monoisotopic (exact) mass is 327 g/mol. The minimum atomic E-state index is -0.0495. The number of nitrogens with one attached hydrogen (secondary N) is 1. The number of imidazole rings is 1. The number of amides is 1. The van der Waals surface area contributed by atoms with E-state index < -0.39 is 0 Å². The molecule has 23 heavy (non-hydrogen) atoms. The maximum absolute atomic E-state index is 12.3. The zero-order valence-electron chi connectivity index (χ0n) is 12.4. The minimum Gasteiger partial charge on any atom is -0.309 e. The number of anilines is 1. The molecule has 3 heterocycles. The number of hydrogen-bond donors (Lipinski definition) is 1. The number of aryl methyl sites for hydroxylation is 1. The van der Waals surface area contributed by atoms with Crippen LogP contribution in [0.3, 0.4) is 0 Å². The van der Waals surface area contributed by atoms with Crippen LogP contribution in [-0.4, -0.2) is 25.5 Å². The molecule has 0 aromatic carbocycles. The van der Waals surface area contributed by atoms with E-state index >= 15 is 0 Å². The first-order valence-electron chi connectivity index (χ1n) is 7.35. The van der Waals surface area contributed by atoms with Gasteiger partial charge in [0.2, 0.25) is 5.91 Å². The topological polar surface area (TPSA) is 72.2 Å². The van der Waals surface area contributed by atoms with Gasteiger partial charge in [-0.05, 0) is 37.1 Å². The van der Waals surface area contributed by atoms with E-state index in [2.05, 4.69) is 20.4 Å². The summed E-state index contributed by atoms with van der Waals surface area (Å²) in [5.74, 6) is 0.589. The standard InChI is InChI=1S/C16H14ClN5O/c1-9-2-3-12(18-7-9)10-6-11(10)16(23)20-14-8-22-15(19-14)5-4-13(17)21-22/h2-5,7-8,10-11H,6H2,1H3,(H,20,23)/t10-,11+/m1/s1. The molecule has 1 amide bonds. The average molecular weight is 328 g/mol. The molecule has 4 rings (SSSR count). The van der Waals surface area contributed by atoms with E-state index in [0.29, 0.717) is 16.6 Å².